The molecule has 0 bridgehead atoms. The lowest BCUT2D eigenvalue weighted by Crippen LogP contribution is -2.39. The highest BCUT2D eigenvalue weighted by molar-refractivity contribution is 5.09. The molecule has 3 heterocycles. The van der Waals surface area contributed by atoms with Gasteiger partial charge in [0, 0.05) is 36.9 Å². The lowest BCUT2D eigenvalue weighted by molar-refractivity contribution is 0.166. The molecular formula is C14H24N4. The lowest BCUT2D eigenvalue weighted by Gasteiger charge is -2.33. The molecule has 2 saturated heterocycles. The molecule has 2 aliphatic heterocycles. The van der Waals surface area contributed by atoms with E-state index >= 15 is 0 Å². The third-order valence-corrected chi connectivity index (χ3v) is 4.55. The van der Waals surface area contributed by atoms with Gasteiger partial charge in [-0.1, -0.05) is 6.42 Å². The number of rotatable bonds is 3. The van der Waals surface area contributed by atoms with Gasteiger partial charge in [-0.25, -0.2) is 4.98 Å². The van der Waals surface area contributed by atoms with Crippen LogP contribution in [0, 0.1) is 0 Å². The maximum atomic E-state index is 4.37. The number of likely N-dealkylation sites (tertiary alicyclic amines) is 1. The van der Waals surface area contributed by atoms with Crippen molar-refractivity contribution in [3.05, 3.63) is 18.2 Å². The molecule has 3 rings (SSSR count). The fourth-order valence-corrected chi connectivity index (χ4v) is 3.33. The molecule has 0 spiro atoms. The van der Waals surface area contributed by atoms with Crippen molar-refractivity contribution >= 4 is 0 Å². The van der Waals surface area contributed by atoms with E-state index in [1.165, 1.54) is 37.9 Å². The zero-order valence-electron chi connectivity index (χ0n) is 11.3. The van der Waals surface area contributed by atoms with Gasteiger partial charge < -0.3 is 14.8 Å². The van der Waals surface area contributed by atoms with Crippen LogP contribution in [0.15, 0.2) is 12.5 Å². The van der Waals surface area contributed by atoms with E-state index in [0.29, 0.717) is 12.0 Å². The minimum absolute atomic E-state index is 0.668. The number of hydrogen-bond donors (Lipinski definition) is 1. The van der Waals surface area contributed by atoms with E-state index in [0.717, 1.165) is 19.6 Å². The number of imidazole rings is 1. The van der Waals surface area contributed by atoms with Gasteiger partial charge in [0.1, 0.15) is 0 Å². The van der Waals surface area contributed by atoms with Crippen molar-refractivity contribution in [2.45, 2.75) is 44.2 Å². The average molecular weight is 248 g/mol. The Morgan fingerprint density at radius 3 is 3.11 bits per heavy atom. The van der Waals surface area contributed by atoms with E-state index < -0.39 is 0 Å². The number of nitrogens with one attached hydrogen (secondary N) is 1. The molecule has 0 amide bonds. The van der Waals surface area contributed by atoms with Crippen LogP contribution >= 0.6 is 0 Å². The zero-order valence-corrected chi connectivity index (χ0v) is 11.3. The predicted molar refractivity (Wildman–Crippen MR) is 72.7 cm³/mol. The highest BCUT2D eigenvalue weighted by Crippen LogP contribution is 2.24. The van der Waals surface area contributed by atoms with Crippen LogP contribution in [0.5, 0.6) is 0 Å². The quantitative estimate of drug-likeness (QED) is 0.879. The highest BCUT2D eigenvalue weighted by Gasteiger charge is 2.23. The molecule has 0 aromatic carbocycles. The summed E-state index contributed by atoms with van der Waals surface area (Å²) in [6, 6.07) is 0.695. The van der Waals surface area contributed by atoms with E-state index in [1.54, 1.807) is 0 Å². The highest BCUT2D eigenvalue weighted by atomic mass is 15.2. The number of likely N-dealkylation sites (N-methyl/N-ethyl adjacent to an activating group) is 1. The summed E-state index contributed by atoms with van der Waals surface area (Å²) in [6.07, 6.45) is 9.42. The van der Waals surface area contributed by atoms with E-state index in [-0.39, 0.29) is 0 Å². The van der Waals surface area contributed by atoms with Gasteiger partial charge in [0.25, 0.3) is 0 Å². The van der Waals surface area contributed by atoms with Crippen LogP contribution in [0.3, 0.4) is 0 Å². The van der Waals surface area contributed by atoms with Crippen molar-refractivity contribution in [2.24, 2.45) is 0 Å². The second kappa shape index (κ2) is 5.41. The van der Waals surface area contributed by atoms with Gasteiger partial charge in [-0.15, -0.1) is 0 Å². The molecule has 0 aliphatic carbocycles. The topological polar surface area (TPSA) is 33.1 Å². The Morgan fingerprint density at radius 1 is 1.39 bits per heavy atom. The van der Waals surface area contributed by atoms with Crippen LogP contribution in [0.25, 0.3) is 0 Å². The molecule has 0 radical (unpaired) electrons. The van der Waals surface area contributed by atoms with E-state index in [2.05, 4.69) is 33.0 Å². The first kappa shape index (κ1) is 12.2. The molecule has 2 atom stereocenters. The summed E-state index contributed by atoms with van der Waals surface area (Å²) in [4.78, 5) is 6.89. The monoisotopic (exact) mass is 248 g/mol. The fourth-order valence-electron chi connectivity index (χ4n) is 3.33. The third kappa shape index (κ3) is 2.45. The molecule has 1 aromatic heterocycles. The Morgan fingerprint density at radius 2 is 2.33 bits per heavy atom. The number of aromatic nitrogens is 2. The SMILES string of the molecule is CN1CCCCC1Cn1cncc1C1CCNC1. The summed E-state index contributed by atoms with van der Waals surface area (Å²) in [5, 5.41) is 3.45. The molecular weight excluding hydrogens is 224 g/mol. The molecule has 4 heteroatoms. The molecule has 2 unspecified atom stereocenters. The molecule has 18 heavy (non-hydrogen) atoms. The number of piperidine rings is 1. The van der Waals surface area contributed by atoms with Crippen molar-refractivity contribution in [3.63, 3.8) is 0 Å². The number of nitrogens with zero attached hydrogens (tertiary/aromatic N) is 3. The first-order chi connectivity index (χ1) is 8.84. The van der Waals surface area contributed by atoms with Crippen LogP contribution in [0.1, 0.15) is 37.3 Å². The Labute approximate surface area is 109 Å². The van der Waals surface area contributed by atoms with Crippen molar-refractivity contribution in [2.75, 3.05) is 26.7 Å². The minimum atomic E-state index is 0.668. The van der Waals surface area contributed by atoms with E-state index in [4.69, 9.17) is 0 Å². The van der Waals surface area contributed by atoms with Crippen LogP contribution in [-0.4, -0.2) is 47.2 Å². The standard InChI is InChI=1S/C14H24N4/c1-17-7-3-2-4-13(17)10-18-11-16-9-14(18)12-5-6-15-8-12/h9,11-13,15H,2-8,10H2,1H3. The van der Waals surface area contributed by atoms with Crippen molar-refractivity contribution in [1.82, 2.24) is 19.8 Å². The Kier molecular flexibility index (Phi) is 3.66. The van der Waals surface area contributed by atoms with Crippen LogP contribution < -0.4 is 5.32 Å². The summed E-state index contributed by atoms with van der Waals surface area (Å²) in [5.74, 6) is 0.668. The molecule has 1 aromatic rings. The van der Waals surface area contributed by atoms with Gasteiger partial charge in [-0.2, -0.15) is 0 Å². The third-order valence-electron chi connectivity index (χ3n) is 4.55. The van der Waals surface area contributed by atoms with Gasteiger partial charge in [0.05, 0.1) is 6.33 Å². The van der Waals surface area contributed by atoms with Crippen LogP contribution in [0.2, 0.25) is 0 Å². The summed E-state index contributed by atoms with van der Waals surface area (Å²) in [5.41, 5.74) is 1.43. The Bertz CT molecular complexity index is 381. The fraction of sp³-hybridized carbons (Fsp3) is 0.786. The first-order valence-electron chi connectivity index (χ1n) is 7.25. The minimum Gasteiger partial charge on any atom is -0.333 e. The molecule has 100 valence electrons. The van der Waals surface area contributed by atoms with Gasteiger partial charge in [0.2, 0.25) is 0 Å². The second-order valence-corrected chi connectivity index (χ2v) is 5.79. The normalized spacial score (nSPS) is 29.8. The van der Waals surface area contributed by atoms with Gasteiger partial charge in [0.15, 0.2) is 0 Å². The Balaban J connectivity index is 1.70. The zero-order chi connectivity index (χ0) is 12.4. The lowest BCUT2D eigenvalue weighted by atomic mass is 10.0. The summed E-state index contributed by atoms with van der Waals surface area (Å²) >= 11 is 0. The van der Waals surface area contributed by atoms with Gasteiger partial charge in [-0.3, -0.25) is 0 Å². The van der Waals surface area contributed by atoms with Crippen molar-refractivity contribution < 1.29 is 0 Å². The summed E-state index contributed by atoms with van der Waals surface area (Å²) in [7, 11) is 2.26. The number of hydrogen-bond acceptors (Lipinski definition) is 3. The predicted octanol–water partition coefficient (Wildman–Crippen LogP) is 1.44. The van der Waals surface area contributed by atoms with Crippen molar-refractivity contribution in [1.29, 1.82) is 0 Å². The molecule has 0 saturated carbocycles. The maximum absolute atomic E-state index is 4.37. The van der Waals surface area contributed by atoms with E-state index in [9.17, 15) is 0 Å². The molecule has 1 N–H and O–H groups in total. The van der Waals surface area contributed by atoms with Gasteiger partial charge in [-0.05, 0) is 39.4 Å². The largest absolute Gasteiger partial charge is 0.333 e. The molecule has 2 aliphatic rings. The summed E-state index contributed by atoms with van der Waals surface area (Å²) in [6.45, 7) is 4.63. The second-order valence-electron chi connectivity index (χ2n) is 5.79. The molecule has 2 fully saturated rings. The van der Waals surface area contributed by atoms with Crippen LogP contribution in [0.4, 0.5) is 0 Å². The van der Waals surface area contributed by atoms with Crippen molar-refractivity contribution in [3.8, 4) is 0 Å². The Hall–Kier alpha value is -0.870. The smallest absolute Gasteiger partial charge is 0.0948 e. The van der Waals surface area contributed by atoms with Gasteiger partial charge >= 0.3 is 0 Å². The molecule has 4 nitrogen and oxygen atoms in total. The average Bonchev–Trinajstić information content (AvgIpc) is 3.02. The first-order valence-corrected chi connectivity index (χ1v) is 7.25. The maximum Gasteiger partial charge on any atom is 0.0948 e. The van der Waals surface area contributed by atoms with Crippen LogP contribution in [-0.2, 0) is 6.54 Å². The summed E-state index contributed by atoms with van der Waals surface area (Å²) < 4.78 is 2.39. The van der Waals surface area contributed by atoms with E-state index in [1.807, 2.05) is 6.33 Å².